The van der Waals surface area contributed by atoms with E-state index in [1.54, 1.807) is 6.07 Å². The largest absolute Gasteiger partial charge is 0.494 e. The molecule has 1 aliphatic rings. The van der Waals surface area contributed by atoms with Gasteiger partial charge in [-0.15, -0.1) is 0 Å². The summed E-state index contributed by atoms with van der Waals surface area (Å²) in [6, 6.07) is 5.31. The van der Waals surface area contributed by atoms with Crippen molar-refractivity contribution in [2.45, 2.75) is 32.7 Å². The lowest BCUT2D eigenvalue weighted by molar-refractivity contribution is 0.173. The van der Waals surface area contributed by atoms with Crippen molar-refractivity contribution in [3.05, 3.63) is 41.3 Å². The molecule has 124 valence electrons. The van der Waals surface area contributed by atoms with Gasteiger partial charge in [0.2, 0.25) is 5.89 Å². The van der Waals surface area contributed by atoms with Gasteiger partial charge in [0.15, 0.2) is 17.4 Å². The maximum atomic E-state index is 14.2. The van der Waals surface area contributed by atoms with E-state index in [0.29, 0.717) is 29.7 Å². The Morgan fingerprint density at radius 2 is 2.13 bits per heavy atom. The zero-order chi connectivity index (χ0) is 16.2. The van der Waals surface area contributed by atoms with E-state index in [-0.39, 0.29) is 5.82 Å². The predicted molar refractivity (Wildman–Crippen MR) is 83.7 cm³/mol. The minimum Gasteiger partial charge on any atom is -0.494 e. The number of nitrogens with zero attached hydrogens (tertiary/aromatic N) is 3. The summed E-state index contributed by atoms with van der Waals surface area (Å²) in [5.41, 5.74) is 0.691. The number of methoxy groups -OCH3 is 1. The monoisotopic (exact) mass is 319 g/mol. The second-order valence-electron chi connectivity index (χ2n) is 6.09. The summed E-state index contributed by atoms with van der Waals surface area (Å²) in [5.74, 6) is 2.04. The molecule has 6 heteroatoms. The number of aromatic nitrogens is 2. The van der Waals surface area contributed by atoms with Crippen molar-refractivity contribution in [3.8, 4) is 5.75 Å². The van der Waals surface area contributed by atoms with E-state index in [4.69, 9.17) is 9.26 Å². The van der Waals surface area contributed by atoms with E-state index in [1.807, 2.05) is 19.1 Å². The van der Waals surface area contributed by atoms with Crippen molar-refractivity contribution in [2.75, 3.05) is 20.2 Å². The number of aryl methyl sites for hydroxylation is 1. The third-order valence-electron chi connectivity index (χ3n) is 4.41. The fraction of sp³-hybridized carbons (Fsp3) is 0.529. The molecule has 23 heavy (non-hydrogen) atoms. The number of ether oxygens (including phenoxy) is 1. The normalized spacial score (nSPS) is 16.7. The fourth-order valence-corrected chi connectivity index (χ4v) is 3.11. The number of hydrogen-bond donors (Lipinski definition) is 0. The van der Waals surface area contributed by atoms with Gasteiger partial charge in [-0.2, -0.15) is 4.98 Å². The van der Waals surface area contributed by atoms with Crippen LogP contribution in [-0.2, 0) is 13.0 Å². The van der Waals surface area contributed by atoms with Crippen LogP contribution in [0.4, 0.5) is 4.39 Å². The first kappa shape index (κ1) is 15.9. The molecule has 0 aliphatic carbocycles. The van der Waals surface area contributed by atoms with Crippen LogP contribution in [0.25, 0.3) is 0 Å². The Bertz CT molecular complexity index is 651. The molecule has 0 saturated carbocycles. The second kappa shape index (κ2) is 7.08. The highest BCUT2D eigenvalue weighted by Gasteiger charge is 2.22. The van der Waals surface area contributed by atoms with Crippen molar-refractivity contribution >= 4 is 0 Å². The van der Waals surface area contributed by atoms with Gasteiger partial charge in [-0.1, -0.05) is 17.3 Å². The molecule has 0 amide bonds. The molecule has 1 aromatic carbocycles. The van der Waals surface area contributed by atoms with Crippen LogP contribution in [0.15, 0.2) is 22.7 Å². The SMILES string of the molecule is COc1cccc(CN2CCC(Cc3noc(C)n3)CC2)c1F. The highest BCUT2D eigenvalue weighted by atomic mass is 19.1. The Kier molecular flexibility index (Phi) is 4.91. The Labute approximate surface area is 135 Å². The molecule has 0 unspecified atom stereocenters. The van der Waals surface area contributed by atoms with Gasteiger partial charge in [0, 0.05) is 25.5 Å². The Balaban J connectivity index is 1.53. The van der Waals surface area contributed by atoms with Gasteiger partial charge in [0.25, 0.3) is 0 Å². The lowest BCUT2D eigenvalue weighted by Crippen LogP contribution is -2.34. The van der Waals surface area contributed by atoms with Gasteiger partial charge in [-0.25, -0.2) is 4.39 Å². The number of likely N-dealkylation sites (tertiary alicyclic amines) is 1. The molecule has 5 nitrogen and oxygen atoms in total. The summed E-state index contributed by atoms with van der Waals surface area (Å²) in [5, 5.41) is 3.96. The fourth-order valence-electron chi connectivity index (χ4n) is 3.11. The van der Waals surface area contributed by atoms with Crippen LogP contribution in [0, 0.1) is 18.7 Å². The molecule has 0 bridgehead atoms. The highest BCUT2D eigenvalue weighted by molar-refractivity contribution is 5.31. The van der Waals surface area contributed by atoms with Crippen LogP contribution in [0.2, 0.25) is 0 Å². The average molecular weight is 319 g/mol. The third-order valence-corrected chi connectivity index (χ3v) is 4.41. The summed E-state index contributed by atoms with van der Waals surface area (Å²) >= 11 is 0. The summed E-state index contributed by atoms with van der Waals surface area (Å²) < 4.78 is 24.3. The third kappa shape index (κ3) is 3.88. The minimum atomic E-state index is -0.251. The lowest BCUT2D eigenvalue weighted by atomic mass is 9.93. The van der Waals surface area contributed by atoms with Crippen molar-refractivity contribution in [3.63, 3.8) is 0 Å². The minimum absolute atomic E-state index is 0.251. The van der Waals surface area contributed by atoms with Crippen LogP contribution in [0.1, 0.15) is 30.1 Å². The van der Waals surface area contributed by atoms with Crippen molar-refractivity contribution in [1.82, 2.24) is 15.0 Å². The molecule has 1 saturated heterocycles. The molecule has 0 spiro atoms. The first-order valence-corrected chi connectivity index (χ1v) is 7.98. The number of halogens is 1. The van der Waals surface area contributed by atoms with Crippen molar-refractivity contribution < 1.29 is 13.7 Å². The molecule has 2 heterocycles. The zero-order valence-corrected chi connectivity index (χ0v) is 13.6. The Morgan fingerprint density at radius 3 is 2.78 bits per heavy atom. The smallest absolute Gasteiger partial charge is 0.223 e. The van der Waals surface area contributed by atoms with Gasteiger partial charge in [0.1, 0.15) is 0 Å². The molecule has 1 aliphatic heterocycles. The molecule has 0 N–H and O–H groups in total. The Hall–Kier alpha value is -1.95. The molecular formula is C17H22FN3O2. The summed E-state index contributed by atoms with van der Waals surface area (Å²) in [6.45, 7) is 4.34. The number of rotatable bonds is 5. The quantitative estimate of drug-likeness (QED) is 0.848. The Morgan fingerprint density at radius 1 is 1.35 bits per heavy atom. The summed E-state index contributed by atoms with van der Waals surface area (Å²) in [7, 11) is 1.49. The van der Waals surface area contributed by atoms with E-state index in [0.717, 1.165) is 38.2 Å². The van der Waals surface area contributed by atoms with Gasteiger partial charge < -0.3 is 9.26 Å². The van der Waals surface area contributed by atoms with Crippen LogP contribution < -0.4 is 4.74 Å². The lowest BCUT2D eigenvalue weighted by Gasteiger charge is -2.31. The van der Waals surface area contributed by atoms with Crippen molar-refractivity contribution in [1.29, 1.82) is 0 Å². The maximum absolute atomic E-state index is 14.2. The predicted octanol–water partition coefficient (Wildman–Crippen LogP) is 2.98. The van der Waals surface area contributed by atoms with E-state index in [9.17, 15) is 4.39 Å². The average Bonchev–Trinajstić information content (AvgIpc) is 2.96. The molecule has 0 radical (unpaired) electrons. The number of benzene rings is 1. The van der Waals surface area contributed by atoms with Gasteiger partial charge in [-0.3, -0.25) is 4.90 Å². The maximum Gasteiger partial charge on any atom is 0.223 e. The van der Waals surface area contributed by atoms with E-state index < -0.39 is 0 Å². The number of piperidine rings is 1. The number of hydrogen-bond acceptors (Lipinski definition) is 5. The van der Waals surface area contributed by atoms with Crippen LogP contribution in [-0.4, -0.2) is 35.2 Å². The van der Waals surface area contributed by atoms with Gasteiger partial charge in [-0.05, 0) is 37.9 Å². The second-order valence-corrected chi connectivity index (χ2v) is 6.09. The molecule has 1 fully saturated rings. The first-order chi connectivity index (χ1) is 11.2. The van der Waals surface area contributed by atoms with Crippen LogP contribution >= 0.6 is 0 Å². The topological polar surface area (TPSA) is 51.4 Å². The standard InChI is InChI=1S/C17H22FN3O2/c1-12-19-16(20-23-12)10-13-6-8-21(9-7-13)11-14-4-3-5-15(22-2)17(14)18/h3-5,13H,6-11H2,1-2H3. The van der Waals surface area contributed by atoms with Crippen LogP contribution in [0.3, 0.4) is 0 Å². The first-order valence-electron chi connectivity index (χ1n) is 7.98. The van der Waals surface area contributed by atoms with Gasteiger partial charge in [0.05, 0.1) is 7.11 Å². The van der Waals surface area contributed by atoms with Gasteiger partial charge >= 0.3 is 0 Å². The molecular weight excluding hydrogens is 297 g/mol. The molecule has 0 atom stereocenters. The highest BCUT2D eigenvalue weighted by Crippen LogP contribution is 2.25. The summed E-state index contributed by atoms with van der Waals surface area (Å²) in [4.78, 5) is 6.55. The molecule has 2 aromatic rings. The van der Waals surface area contributed by atoms with Crippen molar-refractivity contribution in [2.24, 2.45) is 5.92 Å². The molecule has 3 rings (SSSR count). The zero-order valence-electron chi connectivity index (χ0n) is 13.6. The summed E-state index contributed by atoms with van der Waals surface area (Å²) in [6.07, 6.45) is 3.00. The van der Waals surface area contributed by atoms with E-state index >= 15 is 0 Å². The molecule has 1 aromatic heterocycles. The van der Waals surface area contributed by atoms with E-state index in [1.165, 1.54) is 7.11 Å². The van der Waals surface area contributed by atoms with E-state index in [2.05, 4.69) is 15.0 Å². The van der Waals surface area contributed by atoms with Crippen LogP contribution in [0.5, 0.6) is 5.75 Å².